The maximum Gasteiger partial charge on any atom is 0.329 e. The summed E-state index contributed by atoms with van der Waals surface area (Å²) in [5.41, 5.74) is -0.145. The lowest BCUT2D eigenvalue weighted by molar-refractivity contribution is -0.175. The fraction of sp³-hybridized carbons (Fsp3) is 0.583. The van der Waals surface area contributed by atoms with Gasteiger partial charge in [0.2, 0.25) is 0 Å². The molecule has 9 nitrogen and oxygen atoms in total. The molecule has 0 bridgehead atoms. The molecule has 1 aliphatic carbocycles. The van der Waals surface area contributed by atoms with E-state index in [9.17, 15) is 28.3 Å². The van der Waals surface area contributed by atoms with E-state index in [0.717, 1.165) is 12.0 Å². The Morgan fingerprint density at radius 3 is 2.02 bits per heavy atom. The van der Waals surface area contributed by atoms with Crippen LogP contribution in [0.25, 0.3) is 0 Å². The van der Waals surface area contributed by atoms with Crippen LogP contribution < -0.4 is 14.8 Å². The van der Waals surface area contributed by atoms with E-state index in [1.807, 2.05) is 30.3 Å². The average molecular weight is 691 g/mol. The summed E-state index contributed by atoms with van der Waals surface area (Å²) < 4.78 is 46.7. The highest BCUT2D eigenvalue weighted by Crippen LogP contribution is 2.46. The number of urea groups is 1. The number of alkyl halides is 2. The van der Waals surface area contributed by atoms with Crippen molar-refractivity contribution in [1.82, 2.24) is 10.2 Å². The molecule has 266 valence electrons. The van der Waals surface area contributed by atoms with E-state index in [0.29, 0.717) is 18.4 Å². The van der Waals surface area contributed by atoms with Crippen molar-refractivity contribution in [1.29, 1.82) is 0 Å². The Balaban J connectivity index is 2.13. The molecule has 2 N–H and O–H groups in total. The highest BCUT2D eigenvalue weighted by molar-refractivity contribution is 6.74. The lowest BCUT2D eigenvalue weighted by Crippen LogP contribution is -2.68. The molecule has 0 spiro atoms. The summed E-state index contributed by atoms with van der Waals surface area (Å²) in [6.45, 7) is 16.2. The first-order valence-corrected chi connectivity index (χ1v) is 19.6. The van der Waals surface area contributed by atoms with Crippen molar-refractivity contribution in [2.45, 2.75) is 109 Å². The number of halogens is 2. The molecule has 1 saturated carbocycles. The standard InChI is InChI=1S/C36H52F2N2O7Si/c1-9-45-29-20-27(21-30(46-10-2)31(29)25(3)41)28(22-47-48(7,8)34(4,5)6)40(19-15-14-18-26-16-12-11-13-17-26)33(44)39-35(32(42)43)23-36(37,38)24-35/h11-13,16-17,20-21,28H,9-10,14-15,18-19,22-24H2,1-8H3,(H,39,44)(H,42,43). The predicted molar refractivity (Wildman–Crippen MR) is 184 cm³/mol. The predicted octanol–water partition coefficient (Wildman–Crippen LogP) is 8.04. The van der Waals surface area contributed by atoms with Crippen LogP contribution in [0.5, 0.6) is 11.5 Å². The minimum Gasteiger partial charge on any atom is -0.493 e. The zero-order valence-electron chi connectivity index (χ0n) is 29.6. The lowest BCUT2D eigenvalue weighted by atomic mass is 9.73. The first kappa shape index (κ1) is 38.9. The van der Waals surface area contributed by atoms with Gasteiger partial charge in [-0.3, -0.25) is 4.79 Å². The summed E-state index contributed by atoms with van der Waals surface area (Å²) in [4.78, 5) is 40.7. The lowest BCUT2D eigenvalue weighted by Gasteiger charge is -2.46. The molecule has 2 aromatic carbocycles. The minimum absolute atomic E-state index is 0.0371. The van der Waals surface area contributed by atoms with Crippen LogP contribution in [-0.2, 0) is 15.6 Å². The second-order valence-corrected chi connectivity index (χ2v) is 18.9. The maximum absolute atomic E-state index is 14.2. The van der Waals surface area contributed by atoms with E-state index in [1.54, 1.807) is 26.0 Å². The zero-order valence-corrected chi connectivity index (χ0v) is 30.6. The number of carboxylic acids is 1. The number of hydrogen-bond acceptors (Lipinski definition) is 6. The highest BCUT2D eigenvalue weighted by atomic mass is 28.4. The summed E-state index contributed by atoms with van der Waals surface area (Å²) in [6, 6.07) is 11.7. The number of aliphatic carboxylic acids is 1. The van der Waals surface area contributed by atoms with Crippen LogP contribution in [0.2, 0.25) is 18.1 Å². The van der Waals surface area contributed by atoms with Gasteiger partial charge in [-0.1, -0.05) is 51.1 Å². The van der Waals surface area contributed by atoms with Crippen LogP contribution in [0.1, 0.15) is 94.8 Å². The van der Waals surface area contributed by atoms with Gasteiger partial charge < -0.3 is 29.2 Å². The third kappa shape index (κ3) is 9.55. The molecule has 1 fully saturated rings. The van der Waals surface area contributed by atoms with Gasteiger partial charge in [0.1, 0.15) is 17.1 Å². The number of benzene rings is 2. The number of ether oxygens (including phenoxy) is 2. The van der Waals surface area contributed by atoms with Crippen LogP contribution >= 0.6 is 0 Å². The number of hydrogen-bond donors (Lipinski definition) is 2. The molecule has 0 radical (unpaired) electrons. The van der Waals surface area contributed by atoms with Gasteiger partial charge in [-0.2, -0.15) is 0 Å². The first-order chi connectivity index (χ1) is 22.4. The number of carbonyl (C=O) groups excluding carboxylic acids is 2. The second-order valence-electron chi connectivity index (χ2n) is 14.1. The van der Waals surface area contributed by atoms with Crippen molar-refractivity contribution in [2.24, 2.45) is 0 Å². The van der Waals surface area contributed by atoms with E-state index in [4.69, 9.17) is 13.9 Å². The van der Waals surface area contributed by atoms with Gasteiger partial charge >= 0.3 is 12.0 Å². The van der Waals surface area contributed by atoms with Gasteiger partial charge in [-0.25, -0.2) is 18.4 Å². The SMILES string of the molecule is CCOc1cc(C(CO[Si](C)(C)C(C)(C)C)N(CCCCc2ccccc2)C(=O)NC2(C(=O)O)CC(F)(F)C2)cc(OCC)c1C(C)=O. The Kier molecular flexibility index (Phi) is 12.8. The van der Waals surface area contributed by atoms with Crippen molar-refractivity contribution in [3.05, 3.63) is 59.2 Å². The molecule has 1 atom stereocenters. The van der Waals surface area contributed by atoms with Crippen LogP contribution in [0, 0.1) is 0 Å². The van der Waals surface area contributed by atoms with Crippen molar-refractivity contribution >= 4 is 26.1 Å². The summed E-state index contributed by atoms with van der Waals surface area (Å²) in [7, 11) is -2.40. The van der Waals surface area contributed by atoms with Crippen molar-refractivity contribution < 1.29 is 42.2 Å². The summed E-state index contributed by atoms with van der Waals surface area (Å²) in [6.07, 6.45) is 0.0123. The monoisotopic (exact) mass is 690 g/mol. The normalized spacial score (nSPS) is 16.0. The van der Waals surface area contributed by atoms with E-state index in [2.05, 4.69) is 39.2 Å². The Hall–Kier alpha value is -3.51. The molecule has 1 aliphatic rings. The fourth-order valence-electron chi connectivity index (χ4n) is 5.61. The van der Waals surface area contributed by atoms with Crippen LogP contribution in [0.3, 0.4) is 0 Å². The van der Waals surface area contributed by atoms with Crippen molar-refractivity contribution in [2.75, 3.05) is 26.4 Å². The van der Waals surface area contributed by atoms with E-state index < -0.39 is 50.7 Å². The first-order valence-electron chi connectivity index (χ1n) is 16.7. The highest BCUT2D eigenvalue weighted by Gasteiger charge is 2.62. The number of aryl methyl sites for hydroxylation is 1. The van der Waals surface area contributed by atoms with Gasteiger partial charge in [0.25, 0.3) is 5.92 Å². The van der Waals surface area contributed by atoms with Gasteiger partial charge in [-0.15, -0.1) is 0 Å². The molecule has 2 amide bonds. The Morgan fingerprint density at radius 2 is 1.56 bits per heavy atom. The number of Topliss-reactive ketones (excluding diaryl/α,β-unsaturated/α-hetero) is 1. The number of ketones is 1. The third-order valence-corrected chi connectivity index (χ3v) is 13.8. The number of nitrogens with one attached hydrogen (secondary N) is 1. The molecule has 0 heterocycles. The maximum atomic E-state index is 14.2. The number of unbranched alkanes of at least 4 members (excludes halogenated alkanes) is 1. The molecule has 1 unspecified atom stereocenters. The quantitative estimate of drug-likeness (QED) is 0.0981. The van der Waals surface area contributed by atoms with Crippen LogP contribution in [0.4, 0.5) is 13.6 Å². The molecule has 3 rings (SSSR count). The Labute approximate surface area is 284 Å². The Bertz CT molecular complexity index is 1390. The van der Waals surface area contributed by atoms with E-state index in [1.165, 1.54) is 11.8 Å². The fourth-order valence-corrected chi connectivity index (χ4v) is 6.62. The van der Waals surface area contributed by atoms with E-state index in [-0.39, 0.29) is 54.2 Å². The molecule has 2 aromatic rings. The number of rotatable bonds is 17. The van der Waals surface area contributed by atoms with Crippen molar-refractivity contribution in [3.8, 4) is 11.5 Å². The number of carboxylic acid groups (broad SMARTS) is 1. The van der Waals surface area contributed by atoms with Gasteiger partial charge in [0, 0.05) is 19.4 Å². The number of amides is 2. The van der Waals surface area contributed by atoms with Crippen LogP contribution in [0.15, 0.2) is 42.5 Å². The summed E-state index contributed by atoms with van der Waals surface area (Å²) in [5, 5.41) is 12.3. The van der Waals surface area contributed by atoms with Crippen molar-refractivity contribution in [3.63, 3.8) is 0 Å². The van der Waals surface area contributed by atoms with Gasteiger partial charge in [-0.05, 0) is 81.4 Å². The smallest absolute Gasteiger partial charge is 0.329 e. The summed E-state index contributed by atoms with van der Waals surface area (Å²) >= 11 is 0. The molecule has 0 saturated heterocycles. The van der Waals surface area contributed by atoms with Crippen LogP contribution in [-0.4, -0.2) is 73.9 Å². The minimum atomic E-state index is -3.20. The average Bonchev–Trinajstić information content (AvgIpc) is 2.97. The largest absolute Gasteiger partial charge is 0.493 e. The van der Waals surface area contributed by atoms with Gasteiger partial charge in [0.15, 0.2) is 19.6 Å². The second kappa shape index (κ2) is 15.8. The topological polar surface area (TPSA) is 114 Å². The molecule has 0 aromatic heterocycles. The zero-order chi connectivity index (χ0) is 35.9. The number of nitrogens with zero attached hydrogens (tertiary/aromatic N) is 1. The molecular weight excluding hydrogens is 638 g/mol. The third-order valence-electron chi connectivity index (χ3n) is 9.30. The molecule has 48 heavy (non-hydrogen) atoms. The molecule has 12 heteroatoms. The molecule has 0 aliphatic heterocycles. The number of carbonyl (C=O) groups is 3. The van der Waals surface area contributed by atoms with E-state index >= 15 is 0 Å². The Morgan fingerprint density at radius 1 is 1.00 bits per heavy atom. The summed E-state index contributed by atoms with van der Waals surface area (Å²) in [5.74, 6) is -4.39. The van der Waals surface area contributed by atoms with Gasteiger partial charge in [0.05, 0.1) is 25.9 Å². The molecular formula is C36H52F2N2O7Si.